The number of anilines is 1. The van der Waals surface area contributed by atoms with E-state index in [1.54, 1.807) is 31.4 Å². The second-order valence-corrected chi connectivity index (χ2v) is 6.53. The Kier molecular flexibility index (Phi) is 9.28. The molecule has 0 aliphatic rings. The molecule has 0 aliphatic heterocycles. The SMILES string of the molecule is COc1ccc(OCCCC(=O)OCC(=O)N(CCC(N)=O)c2ccc(F)cc2)cc1. The third-order valence-corrected chi connectivity index (χ3v) is 4.23. The summed E-state index contributed by atoms with van der Waals surface area (Å²) in [6, 6.07) is 12.2. The minimum Gasteiger partial charge on any atom is -0.497 e. The molecule has 0 fully saturated rings. The van der Waals surface area contributed by atoms with Gasteiger partial charge in [-0.15, -0.1) is 0 Å². The Balaban J connectivity index is 1.77. The molecule has 8 nitrogen and oxygen atoms in total. The third kappa shape index (κ3) is 8.33. The minimum atomic E-state index is -0.589. The summed E-state index contributed by atoms with van der Waals surface area (Å²) in [5, 5.41) is 0. The molecule has 0 spiro atoms. The molecular formula is C22H25FN2O6. The zero-order valence-corrected chi connectivity index (χ0v) is 17.2. The van der Waals surface area contributed by atoms with Gasteiger partial charge in [0.1, 0.15) is 17.3 Å². The number of hydrogen-bond donors (Lipinski definition) is 1. The average molecular weight is 432 g/mol. The van der Waals surface area contributed by atoms with E-state index in [1.807, 2.05) is 0 Å². The molecule has 0 heterocycles. The fraction of sp³-hybridized carbons (Fsp3) is 0.318. The molecule has 0 aliphatic carbocycles. The van der Waals surface area contributed by atoms with Crippen molar-refractivity contribution in [3.05, 3.63) is 54.3 Å². The van der Waals surface area contributed by atoms with E-state index in [4.69, 9.17) is 19.9 Å². The predicted molar refractivity (Wildman–Crippen MR) is 111 cm³/mol. The lowest BCUT2D eigenvalue weighted by Gasteiger charge is -2.22. The van der Waals surface area contributed by atoms with Gasteiger partial charge in [0, 0.05) is 25.1 Å². The normalized spacial score (nSPS) is 10.3. The first-order chi connectivity index (χ1) is 14.9. The van der Waals surface area contributed by atoms with Crippen LogP contribution < -0.4 is 20.1 Å². The van der Waals surface area contributed by atoms with Gasteiger partial charge in [0.25, 0.3) is 5.91 Å². The topological polar surface area (TPSA) is 108 Å². The number of amides is 2. The van der Waals surface area contributed by atoms with Gasteiger partial charge in [0.05, 0.1) is 13.7 Å². The molecule has 2 amide bonds. The van der Waals surface area contributed by atoms with Crippen LogP contribution in [0, 0.1) is 5.82 Å². The Morgan fingerprint density at radius 2 is 1.61 bits per heavy atom. The number of rotatable bonds is 12. The molecule has 166 valence electrons. The molecule has 0 radical (unpaired) electrons. The van der Waals surface area contributed by atoms with Gasteiger partial charge in [-0.2, -0.15) is 0 Å². The van der Waals surface area contributed by atoms with Crippen molar-refractivity contribution < 1.29 is 33.0 Å². The van der Waals surface area contributed by atoms with Gasteiger partial charge in [0.2, 0.25) is 5.91 Å². The Hall–Kier alpha value is -3.62. The van der Waals surface area contributed by atoms with E-state index < -0.39 is 30.2 Å². The van der Waals surface area contributed by atoms with Crippen molar-refractivity contribution in [2.24, 2.45) is 5.73 Å². The van der Waals surface area contributed by atoms with Crippen LogP contribution in [-0.2, 0) is 19.1 Å². The fourth-order valence-electron chi connectivity index (χ4n) is 2.61. The first-order valence-corrected chi connectivity index (χ1v) is 9.65. The van der Waals surface area contributed by atoms with Crippen molar-refractivity contribution in [3.63, 3.8) is 0 Å². The number of carbonyl (C=O) groups excluding carboxylic acids is 3. The van der Waals surface area contributed by atoms with Crippen molar-refractivity contribution >= 4 is 23.5 Å². The predicted octanol–water partition coefficient (Wildman–Crippen LogP) is 2.45. The van der Waals surface area contributed by atoms with E-state index in [2.05, 4.69) is 0 Å². The molecule has 9 heteroatoms. The molecular weight excluding hydrogens is 407 g/mol. The maximum Gasteiger partial charge on any atom is 0.306 e. The van der Waals surface area contributed by atoms with Gasteiger partial charge in [-0.1, -0.05) is 0 Å². The Morgan fingerprint density at radius 1 is 0.968 bits per heavy atom. The van der Waals surface area contributed by atoms with Crippen LogP contribution >= 0.6 is 0 Å². The van der Waals surface area contributed by atoms with Gasteiger partial charge in [-0.05, 0) is 55.0 Å². The summed E-state index contributed by atoms with van der Waals surface area (Å²) in [6.07, 6.45) is 0.392. The Bertz CT molecular complexity index is 871. The number of benzene rings is 2. The number of halogens is 1. The lowest BCUT2D eigenvalue weighted by atomic mass is 10.2. The summed E-state index contributed by atoms with van der Waals surface area (Å²) in [4.78, 5) is 36.7. The van der Waals surface area contributed by atoms with Crippen molar-refractivity contribution in [2.45, 2.75) is 19.3 Å². The molecule has 31 heavy (non-hydrogen) atoms. The number of nitrogens with two attached hydrogens (primary N) is 1. The van der Waals surface area contributed by atoms with Crippen LogP contribution in [0.25, 0.3) is 0 Å². The zero-order chi connectivity index (χ0) is 22.6. The van der Waals surface area contributed by atoms with Crippen LogP contribution in [0.15, 0.2) is 48.5 Å². The van der Waals surface area contributed by atoms with E-state index in [9.17, 15) is 18.8 Å². The van der Waals surface area contributed by atoms with Crippen LogP contribution in [0.2, 0.25) is 0 Å². The van der Waals surface area contributed by atoms with Gasteiger partial charge >= 0.3 is 5.97 Å². The lowest BCUT2D eigenvalue weighted by Crippen LogP contribution is -2.37. The zero-order valence-electron chi connectivity index (χ0n) is 17.2. The molecule has 0 saturated heterocycles. The largest absolute Gasteiger partial charge is 0.497 e. The molecule has 0 aromatic heterocycles. The van der Waals surface area contributed by atoms with Gasteiger partial charge in [-0.3, -0.25) is 14.4 Å². The highest BCUT2D eigenvalue weighted by Crippen LogP contribution is 2.18. The minimum absolute atomic E-state index is 0.00689. The number of methoxy groups -OCH3 is 1. The third-order valence-electron chi connectivity index (χ3n) is 4.23. The molecule has 2 rings (SSSR count). The number of carbonyl (C=O) groups is 3. The first-order valence-electron chi connectivity index (χ1n) is 9.65. The highest BCUT2D eigenvalue weighted by Gasteiger charge is 2.18. The quantitative estimate of drug-likeness (QED) is 0.408. The van der Waals surface area contributed by atoms with Gasteiger partial charge in [0.15, 0.2) is 6.61 Å². The van der Waals surface area contributed by atoms with Crippen molar-refractivity contribution in [1.82, 2.24) is 0 Å². The summed E-state index contributed by atoms with van der Waals surface area (Å²) in [6.45, 7) is -0.211. The van der Waals surface area contributed by atoms with Crippen LogP contribution in [0.3, 0.4) is 0 Å². The van der Waals surface area contributed by atoms with Gasteiger partial charge < -0.3 is 24.8 Å². The number of primary amides is 1. The van der Waals surface area contributed by atoms with E-state index in [-0.39, 0.29) is 19.4 Å². The van der Waals surface area contributed by atoms with E-state index in [0.717, 1.165) is 0 Å². The number of esters is 1. The van der Waals surface area contributed by atoms with E-state index in [1.165, 1.54) is 29.2 Å². The number of nitrogens with zero attached hydrogens (tertiary/aromatic N) is 1. The summed E-state index contributed by atoms with van der Waals surface area (Å²) in [7, 11) is 1.57. The molecule has 2 aromatic rings. The number of hydrogen-bond acceptors (Lipinski definition) is 6. The molecule has 0 atom stereocenters. The van der Waals surface area contributed by atoms with Crippen molar-refractivity contribution in [3.8, 4) is 11.5 Å². The molecule has 0 saturated carbocycles. The van der Waals surface area contributed by atoms with E-state index in [0.29, 0.717) is 30.2 Å². The first kappa shape index (κ1) is 23.7. The standard InChI is InChI=1S/C22H25FN2O6/c1-29-18-8-10-19(11-9-18)30-14-2-3-22(28)31-15-21(27)25(13-12-20(24)26)17-6-4-16(23)5-7-17/h4-11H,2-3,12-15H2,1H3,(H2,24,26). The molecule has 0 unspecified atom stereocenters. The average Bonchev–Trinajstić information content (AvgIpc) is 2.76. The Morgan fingerprint density at radius 3 is 2.23 bits per heavy atom. The maximum absolute atomic E-state index is 13.1. The fourth-order valence-corrected chi connectivity index (χ4v) is 2.61. The van der Waals surface area contributed by atoms with Crippen LogP contribution in [0.1, 0.15) is 19.3 Å². The second kappa shape index (κ2) is 12.2. The van der Waals surface area contributed by atoms with Gasteiger partial charge in [-0.25, -0.2) is 4.39 Å². The molecule has 2 N–H and O–H groups in total. The molecule has 0 bridgehead atoms. The summed E-state index contributed by atoms with van der Waals surface area (Å²) < 4.78 is 28.8. The lowest BCUT2D eigenvalue weighted by molar-refractivity contribution is -0.148. The number of ether oxygens (including phenoxy) is 3. The van der Waals surface area contributed by atoms with Crippen molar-refractivity contribution in [2.75, 3.05) is 31.8 Å². The Labute approximate surface area is 179 Å². The van der Waals surface area contributed by atoms with Crippen molar-refractivity contribution in [1.29, 1.82) is 0 Å². The van der Waals surface area contributed by atoms with Crippen LogP contribution in [0.4, 0.5) is 10.1 Å². The summed E-state index contributed by atoms with van der Waals surface area (Å²) >= 11 is 0. The smallest absolute Gasteiger partial charge is 0.306 e. The second-order valence-electron chi connectivity index (χ2n) is 6.53. The van der Waals surface area contributed by atoms with E-state index >= 15 is 0 Å². The molecule has 2 aromatic carbocycles. The monoisotopic (exact) mass is 432 g/mol. The summed E-state index contributed by atoms with van der Waals surface area (Å²) in [5.41, 5.74) is 5.52. The van der Waals surface area contributed by atoms with Crippen LogP contribution in [0.5, 0.6) is 11.5 Å². The highest BCUT2D eigenvalue weighted by atomic mass is 19.1. The highest BCUT2D eigenvalue weighted by molar-refractivity contribution is 5.95. The van der Waals surface area contributed by atoms with Crippen LogP contribution in [-0.4, -0.2) is 44.7 Å². The maximum atomic E-state index is 13.1. The summed E-state index contributed by atoms with van der Waals surface area (Å²) in [5.74, 6) is -0.792.